The van der Waals surface area contributed by atoms with Crippen LogP contribution in [0.5, 0.6) is 11.5 Å². The van der Waals surface area contributed by atoms with Crippen molar-refractivity contribution in [2.24, 2.45) is 0 Å². The minimum Gasteiger partial charge on any atom is -0.490 e. The smallest absolute Gasteiger partial charge is 0.269 e. The summed E-state index contributed by atoms with van der Waals surface area (Å²) in [6.45, 7) is 3.59. The predicted molar refractivity (Wildman–Crippen MR) is 112 cm³/mol. The van der Waals surface area contributed by atoms with Crippen molar-refractivity contribution in [3.8, 4) is 11.5 Å². The largest absolute Gasteiger partial charge is 0.490 e. The van der Waals surface area contributed by atoms with Gasteiger partial charge in [0.25, 0.3) is 5.69 Å². The molecule has 0 radical (unpaired) electrons. The van der Waals surface area contributed by atoms with E-state index in [-0.39, 0.29) is 5.69 Å². The minimum absolute atomic E-state index is 0.0700. The van der Waals surface area contributed by atoms with Gasteiger partial charge in [-0.05, 0) is 55.2 Å². The normalized spacial score (nSPS) is 14.2. The fraction of sp³-hybridized carbons (Fsp3) is 0.429. The first-order chi connectivity index (χ1) is 13.6. The molecule has 6 nitrogen and oxygen atoms in total. The first-order valence-electron chi connectivity index (χ1n) is 9.61. The number of hydrogen-bond donors (Lipinski definition) is 1. The number of rotatable bonds is 9. The average molecular weight is 449 g/mol. The third kappa shape index (κ3) is 5.45. The molecule has 0 bridgehead atoms. The van der Waals surface area contributed by atoms with Crippen LogP contribution in [0, 0.1) is 10.1 Å². The SMILES string of the molecule is CCOc1cc(CNC2CCCC2)c(Br)cc1OCc1ccc([N+](=O)[O-])cc1. The van der Waals surface area contributed by atoms with Crippen LogP contribution in [0.25, 0.3) is 0 Å². The Morgan fingerprint density at radius 1 is 1.14 bits per heavy atom. The first-order valence-corrected chi connectivity index (χ1v) is 10.4. The lowest BCUT2D eigenvalue weighted by Crippen LogP contribution is -2.25. The molecule has 2 aromatic carbocycles. The van der Waals surface area contributed by atoms with Gasteiger partial charge in [0.1, 0.15) is 6.61 Å². The maximum Gasteiger partial charge on any atom is 0.269 e. The Bertz CT molecular complexity index is 805. The summed E-state index contributed by atoms with van der Waals surface area (Å²) in [5.74, 6) is 1.35. The van der Waals surface area contributed by atoms with Gasteiger partial charge in [-0.1, -0.05) is 28.8 Å². The number of benzene rings is 2. The molecule has 1 saturated carbocycles. The van der Waals surface area contributed by atoms with Crippen LogP contribution in [-0.4, -0.2) is 17.6 Å². The van der Waals surface area contributed by atoms with Gasteiger partial charge in [0.2, 0.25) is 0 Å². The summed E-state index contributed by atoms with van der Waals surface area (Å²) < 4.78 is 12.7. The average Bonchev–Trinajstić information content (AvgIpc) is 3.21. The molecule has 0 aliphatic heterocycles. The Labute approximate surface area is 173 Å². The van der Waals surface area contributed by atoms with Crippen LogP contribution in [0.4, 0.5) is 5.69 Å². The van der Waals surface area contributed by atoms with Crippen LogP contribution in [0.2, 0.25) is 0 Å². The second-order valence-electron chi connectivity index (χ2n) is 6.90. The van der Waals surface area contributed by atoms with Crippen LogP contribution in [0.15, 0.2) is 40.9 Å². The maximum absolute atomic E-state index is 10.8. The van der Waals surface area contributed by atoms with E-state index in [0.29, 0.717) is 30.8 Å². The molecule has 7 heteroatoms. The quantitative estimate of drug-likeness (QED) is 0.412. The Morgan fingerprint density at radius 3 is 2.46 bits per heavy atom. The molecule has 150 valence electrons. The van der Waals surface area contributed by atoms with Crippen molar-refractivity contribution in [1.29, 1.82) is 0 Å². The zero-order valence-electron chi connectivity index (χ0n) is 15.9. The molecule has 0 heterocycles. The van der Waals surface area contributed by atoms with Gasteiger partial charge in [-0.2, -0.15) is 0 Å². The van der Waals surface area contributed by atoms with E-state index in [0.717, 1.165) is 22.1 Å². The van der Waals surface area contributed by atoms with E-state index in [1.165, 1.54) is 37.8 Å². The molecule has 2 aromatic rings. The topological polar surface area (TPSA) is 73.6 Å². The number of ether oxygens (including phenoxy) is 2. The van der Waals surface area contributed by atoms with Crippen molar-refractivity contribution < 1.29 is 14.4 Å². The maximum atomic E-state index is 10.8. The first kappa shape index (κ1) is 20.6. The minimum atomic E-state index is -0.409. The summed E-state index contributed by atoms with van der Waals surface area (Å²) in [5, 5.41) is 14.4. The van der Waals surface area contributed by atoms with Gasteiger partial charge < -0.3 is 14.8 Å². The van der Waals surface area contributed by atoms with E-state index in [1.54, 1.807) is 12.1 Å². The standard InChI is InChI=1S/C21H25BrN2O4/c1-2-27-20-11-16(13-23-17-5-3-4-6-17)19(22)12-21(20)28-14-15-7-9-18(10-8-15)24(25)26/h7-12,17,23H,2-6,13-14H2,1H3. The lowest BCUT2D eigenvalue weighted by atomic mass is 10.1. The molecule has 28 heavy (non-hydrogen) atoms. The second-order valence-corrected chi connectivity index (χ2v) is 7.75. The highest BCUT2D eigenvalue weighted by molar-refractivity contribution is 9.10. The molecule has 1 aliphatic carbocycles. The molecule has 0 saturated heterocycles. The van der Waals surface area contributed by atoms with Gasteiger partial charge in [0.15, 0.2) is 11.5 Å². The number of non-ortho nitro benzene ring substituents is 1. The van der Waals surface area contributed by atoms with Crippen LogP contribution in [-0.2, 0) is 13.2 Å². The van der Waals surface area contributed by atoms with E-state index >= 15 is 0 Å². The third-order valence-corrected chi connectivity index (χ3v) is 5.63. The van der Waals surface area contributed by atoms with Crippen LogP contribution in [0.3, 0.4) is 0 Å². The monoisotopic (exact) mass is 448 g/mol. The van der Waals surface area contributed by atoms with E-state index in [1.807, 2.05) is 19.1 Å². The zero-order chi connectivity index (χ0) is 19.9. The van der Waals surface area contributed by atoms with E-state index < -0.39 is 4.92 Å². The zero-order valence-corrected chi connectivity index (χ0v) is 17.5. The highest BCUT2D eigenvalue weighted by Crippen LogP contribution is 2.35. The summed E-state index contributed by atoms with van der Waals surface area (Å²) in [7, 11) is 0. The van der Waals surface area contributed by atoms with Crippen molar-refractivity contribution in [2.45, 2.75) is 51.8 Å². The van der Waals surface area contributed by atoms with Crippen LogP contribution >= 0.6 is 15.9 Å². The number of nitrogens with zero attached hydrogens (tertiary/aromatic N) is 1. The summed E-state index contributed by atoms with van der Waals surface area (Å²) in [5.41, 5.74) is 2.06. The Morgan fingerprint density at radius 2 is 1.82 bits per heavy atom. The van der Waals surface area contributed by atoms with Crippen molar-refractivity contribution in [1.82, 2.24) is 5.32 Å². The lowest BCUT2D eigenvalue weighted by molar-refractivity contribution is -0.384. The molecule has 1 fully saturated rings. The Balaban J connectivity index is 1.68. The Kier molecular flexibility index (Phi) is 7.28. The summed E-state index contributed by atoms with van der Waals surface area (Å²) in [6.07, 6.45) is 5.09. The number of hydrogen-bond acceptors (Lipinski definition) is 5. The number of nitro groups is 1. The van der Waals surface area contributed by atoms with Crippen LogP contribution < -0.4 is 14.8 Å². The van der Waals surface area contributed by atoms with Gasteiger partial charge in [0.05, 0.1) is 11.5 Å². The fourth-order valence-corrected chi connectivity index (χ4v) is 3.82. The fourth-order valence-electron chi connectivity index (χ4n) is 3.35. The van der Waals surface area contributed by atoms with Gasteiger partial charge in [0, 0.05) is 29.2 Å². The number of nitro benzene ring substituents is 1. The van der Waals surface area contributed by atoms with Gasteiger partial charge in [-0.25, -0.2) is 0 Å². The van der Waals surface area contributed by atoms with Gasteiger partial charge in [-0.15, -0.1) is 0 Å². The summed E-state index contributed by atoms with van der Waals surface area (Å²) in [4.78, 5) is 10.4. The molecule has 1 aliphatic rings. The highest BCUT2D eigenvalue weighted by atomic mass is 79.9. The molecule has 3 rings (SSSR count). The molecular weight excluding hydrogens is 424 g/mol. The van der Waals surface area contributed by atoms with Gasteiger partial charge in [-0.3, -0.25) is 10.1 Å². The molecule has 0 aromatic heterocycles. The molecular formula is C21H25BrN2O4. The van der Waals surface area contributed by atoms with Gasteiger partial charge >= 0.3 is 0 Å². The summed E-state index contributed by atoms with van der Waals surface area (Å²) >= 11 is 3.64. The molecule has 1 N–H and O–H groups in total. The van der Waals surface area contributed by atoms with Crippen molar-refractivity contribution in [3.63, 3.8) is 0 Å². The van der Waals surface area contributed by atoms with E-state index in [2.05, 4.69) is 21.2 Å². The third-order valence-electron chi connectivity index (χ3n) is 4.89. The molecule has 0 atom stereocenters. The van der Waals surface area contributed by atoms with Crippen molar-refractivity contribution >= 4 is 21.6 Å². The van der Waals surface area contributed by atoms with E-state index in [4.69, 9.17) is 9.47 Å². The molecule has 0 unspecified atom stereocenters. The second kappa shape index (κ2) is 9.89. The van der Waals surface area contributed by atoms with Crippen molar-refractivity contribution in [2.75, 3.05) is 6.61 Å². The lowest BCUT2D eigenvalue weighted by Gasteiger charge is -2.17. The van der Waals surface area contributed by atoms with Crippen LogP contribution in [0.1, 0.15) is 43.7 Å². The highest BCUT2D eigenvalue weighted by Gasteiger charge is 2.16. The molecule has 0 amide bonds. The van der Waals surface area contributed by atoms with Crippen molar-refractivity contribution in [3.05, 3.63) is 62.1 Å². The Hall–Kier alpha value is -2.12. The summed E-state index contributed by atoms with van der Waals surface area (Å²) in [6, 6.07) is 10.9. The number of halogens is 1. The number of nitrogens with one attached hydrogen (secondary N) is 1. The predicted octanol–water partition coefficient (Wildman–Crippen LogP) is 5.37. The van der Waals surface area contributed by atoms with E-state index in [9.17, 15) is 10.1 Å². The molecule has 0 spiro atoms.